The lowest BCUT2D eigenvalue weighted by molar-refractivity contribution is 0.347. The van der Waals surface area contributed by atoms with Crippen LogP contribution >= 0.6 is 0 Å². The monoisotopic (exact) mass is 398 g/mol. The van der Waals surface area contributed by atoms with E-state index in [9.17, 15) is 12.8 Å². The van der Waals surface area contributed by atoms with Crippen LogP contribution in [0.1, 0.15) is 11.1 Å². The number of benzene rings is 3. The van der Waals surface area contributed by atoms with Crippen molar-refractivity contribution in [1.29, 1.82) is 0 Å². The number of para-hydroxylation sites is 1. The second-order valence-electron chi connectivity index (χ2n) is 5.95. The van der Waals surface area contributed by atoms with Crippen LogP contribution in [0.15, 0.2) is 76.5 Å². The van der Waals surface area contributed by atoms with Crippen molar-refractivity contribution < 1.29 is 22.3 Å². The van der Waals surface area contributed by atoms with Crippen molar-refractivity contribution in [2.45, 2.75) is 9.79 Å². The van der Waals surface area contributed by atoms with Crippen LogP contribution in [0.4, 0.5) is 4.39 Å². The first kappa shape index (κ1) is 19.6. The van der Waals surface area contributed by atoms with Crippen LogP contribution in [0.2, 0.25) is 0 Å². The van der Waals surface area contributed by atoms with E-state index in [1.165, 1.54) is 32.4 Å². The largest absolute Gasteiger partial charge is 0.493 e. The summed E-state index contributed by atoms with van der Waals surface area (Å²) in [4.78, 5) is 0.196. The Labute approximate surface area is 163 Å². The van der Waals surface area contributed by atoms with Gasteiger partial charge in [0.25, 0.3) is 0 Å². The molecule has 28 heavy (non-hydrogen) atoms. The van der Waals surface area contributed by atoms with Gasteiger partial charge in [0, 0.05) is 0 Å². The molecule has 0 N–H and O–H groups in total. The molecule has 0 heterocycles. The Morgan fingerprint density at radius 2 is 1.36 bits per heavy atom. The van der Waals surface area contributed by atoms with Crippen LogP contribution in [0.5, 0.6) is 11.5 Å². The Morgan fingerprint density at radius 3 is 1.89 bits per heavy atom. The van der Waals surface area contributed by atoms with E-state index in [1.807, 2.05) is 12.2 Å². The number of methoxy groups -OCH3 is 2. The van der Waals surface area contributed by atoms with Crippen LogP contribution in [0.25, 0.3) is 12.2 Å². The van der Waals surface area contributed by atoms with Gasteiger partial charge in [-0.3, -0.25) is 0 Å². The van der Waals surface area contributed by atoms with Crippen LogP contribution in [0, 0.1) is 5.82 Å². The Kier molecular flexibility index (Phi) is 5.80. The summed E-state index contributed by atoms with van der Waals surface area (Å²) in [7, 11) is -0.916. The summed E-state index contributed by atoms with van der Waals surface area (Å²) in [5.74, 6) is 0.229. The van der Waals surface area contributed by atoms with Crippen LogP contribution < -0.4 is 9.47 Å². The Balaban J connectivity index is 1.89. The summed E-state index contributed by atoms with van der Waals surface area (Å²) in [5, 5.41) is 0. The lowest BCUT2D eigenvalue weighted by Gasteiger charge is -2.13. The molecule has 0 aliphatic heterocycles. The highest BCUT2D eigenvalue weighted by molar-refractivity contribution is 7.91. The minimum atomic E-state index is -3.77. The zero-order valence-electron chi connectivity index (χ0n) is 15.4. The predicted octanol–water partition coefficient (Wildman–Crippen LogP) is 4.85. The second kappa shape index (κ2) is 8.27. The Morgan fingerprint density at radius 1 is 0.786 bits per heavy atom. The van der Waals surface area contributed by atoms with E-state index in [-0.39, 0.29) is 21.4 Å². The summed E-state index contributed by atoms with van der Waals surface area (Å²) in [6, 6.07) is 17.3. The van der Waals surface area contributed by atoms with Gasteiger partial charge in [-0.1, -0.05) is 42.5 Å². The number of ether oxygens (including phenoxy) is 2. The lowest BCUT2D eigenvalue weighted by atomic mass is 10.1. The maximum atomic E-state index is 13.0. The van der Waals surface area contributed by atoms with Gasteiger partial charge in [-0.25, -0.2) is 12.8 Å². The van der Waals surface area contributed by atoms with Crippen molar-refractivity contribution >= 4 is 22.0 Å². The van der Waals surface area contributed by atoms with Crippen molar-refractivity contribution in [3.8, 4) is 11.5 Å². The molecule has 0 saturated carbocycles. The van der Waals surface area contributed by atoms with E-state index < -0.39 is 9.84 Å². The van der Waals surface area contributed by atoms with Gasteiger partial charge in [0.15, 0.2) is 11.5 Å². The topological polar surface area (TPSA) is 52.6 Å². The van der Waals surface area contributed by atoms with E-state index in [0.717, 1.165) is 11.1 Å². The maximum Gasteiger partial charge on any atom is 0.210 e. The van der Waals surface area contributed by atoms with E-state index in [4.69, 9.17) is 9.47 Å². The highest BCUT2D eigenvalue weighted by Crippen LogP contribution is 2.36. The number of hydrogen-bond donors (Lipinski definition) is 0. The highest BCUT2D eigenvalue weighted by atomic mass is 32.2. The van der Waals surface area contributed by atoms with Crippen molar-refractivity contribution in [2.75, 3.05) is 14.2 Å². The summed E-state index contributed by atoms with van der Waals surface area (Å²) < 4.78 is 49.4. The number of rotatable bonds is 6. The SMILES string of the molecule is COc1cccc(S(=O)(=O)c2ccc(C=Cc3ccc(F)cc3)cc2)c1OC. The highest BCUT2D eigenvalue weighted by Gasteiger charge is 2.24. The molecule has 3 rings (SSSR count). The molecule has 0 bridgehead atoms. The zero-order chi connectivity index (χ0) is 20.1. The van der Waals surface area contributed by atoms with Gasteiger partial charge in [-0.05, 0) is 47.5 Å². The van der Waals surface area contributed by atoms with Gasteiger partial charge in [-0.15, -0.1) is 0 Å². The first-order chi connectivity index (χ1) is 13.5. The van der Waals surface area contributed by atoms with Gasteiger partial charge >= 0.3 is 0 Å². The smallest absolute Gasteiger partial charge is 0.210 e. The van der Waals surface area contributed by atoms with Gasteiger partial charge in [0.2, 0.25) is 9.84 Å². The molecule has 4 nitrogen and oxygen atoms in total. The molecule has 0 spiro atoms. The fourth-order valence-corrected chi connectivity index (χ4v) is 4.15. The predicted molar refractivity (Wildman–Crippen MR) is 107 cm³/mol. The number of sulfone groups is 1. The molecule has 3 aromatic carbocycles. The summed E-state index contributed by atoms with van der Waals surface area (Å²) in [6.07, 6.45) is 3.66. The fourth-order valence-electron chi connectivity index (χ4n) is 2.72. The average molecular weight is 398 g/mol. The van der Waals surface area contributed by atoms with Crippen LogP contribution in [-0.4, -0.2) is 22.6 Å². The first-order valence-electron chi connectivity index (χ1n) is 8.45. The molecule has 0 aliphatic carbocycles. The first-order valence-corrected chi connectivity index (χ1v) is 9.94. The standard InChI is InChI=1S/C22H19FO4S/c1-26-20-4-3-5-21(22(20)27-2)28(24,25)19-14-10-17(11-15-19)7-6-16-8-12-18(23)13-9-16/h3-15H,1-2H3. The quantitative estimate of drug-likeness (QED) is 0.557. The van der Waals surface area contributed by atoms with Crippen LogP contribution in [0.3, 0.4) is 0 Å². The fraction of sp³-hybridized carbons (Fsp3) is 0.0909. The minimum Gasteiger partial charge on any atom is -0.493 e. The molecule has 3 aromatic rings. The van der Waals surface area contributed by atoms with Crippen molar-refractivity contribution in [3.05, 3.63) is 83.7 Å². The molecule has 0 atom stereocenters. The third-order valence-corrected chi connectivity index (χ3v) is 5.98. The van der Waals surface area contributed by atoms with Gasteiger partial charge in [0.1, 0.15) is 10.7 Å². The van der Waals surface area contributed by atoms with E-state index >= 15 is 0 Å². The van der Waals surface area contributed by atoms with E-state index in [0.29, 0.717) is 5.75 Å². The maximum absolute atomic E-state index is 13.0. The third kappa shape index (κ3) is 4.07. The average Bonchev–Trinajstić information content (AvgIpc) is 2.73. The van der Waals surface area contributed by atoms with Gasteiger partial charge in [0.05, 0.1) is 19.1 Å². The van der Waals surface area contributed by atoms with Gasteiger partial charge in [-0.2, -0.15) is 0 Å². The molecule has 6 heteroatoms. The zero-order valence-corrected chi connectivity index (χ0v) is 16.2. The number of hydrogen-bond acceptors (Lipinski definition) is 4. The van der Waals surface area contributed by atoms with E-state index in [2.05, 4.69) is 0 Å². The Bertz CT molecular complexity index is 1090. The molecule has 0 aliphatic rings. The second-order valence-corrected chi connectivity index (χ2v) is 7.87. The summed E-state index contributed by atoms with van der Waals surface area (Å²) in [6.45, 7) is 0. The third-order valence-electron chi connectivity index (χ3n) is 4.18. The molecule has 0 fully saturated rings. The minimum absolute atomic E-state index is 0.0453. The molecule has 0 amide bonds. The molecule has 0 unspecified atom stereocenters. The number of halogens is 1. The Hall–Kier alpha value is -3.12. The molecule has 0 radical (unpaired) electrons. The van der Waals surface area contributed by atoms with Gasteiger partial charge < -0.3 is 9.47 Å². The van der Waals surface area contributed by atoms with E-state index in [1.54, 1.807) is 48.5 Å². The normalized spacial score (nSPS) is 11.5. The van der Waals surface area contributed by atoms with Crippen molar-refractivity contribution in [1.82, 2.24) is 0 Å². The molecule has 0 aromatic heterocycles. The molecule has 144 valence electrons. The van der Waals surface area contributed by atoms with Crippen LogP contribution in [-0.2, 0) is 9.84 Å². The summed E-state index contributed by atoms with van der Waals surface area (Å²) >= 11 is 0. The molecule has 0 saturated heterocycles. The van der Waals surface area contributed by atoms with Crippen molar-refractivity contribution in [3.63, 3.8) is 0 Å². The summed E-state index contributed by atoms with van der Waals surface area (Å²) in [5.41, 5.74) is 1.67. The lowest BCUT2D eigenvalue weighted by Crippen LogP contribution is -2.05. The molecular weight excluding hydrogens is 379 g/mol. The van der Waals surface area contributed by atoms with Crippen molar-refractivity contribution in [2.24, 2.45) is 0 Å². The molecular formula is C22H19FO4S.